The van der Waals surface area contributed by atoms with Gasteiger partial charge in [-0.3, -0.25) is 0 Å². The molecular weight excluding hydrogens is 330 g/mol. The summed E-state index contributed by atoms with van der Waals surface area (Å²) in [5, 5.41) is 4.41. The van der Waals surface area contributed by atoms with Gasteiger partial charge in [-0.25, -0.2) is 8.91 Å². The lowest BCUT2D eigenvalue weighted by molar-refractivity contribution is 0.630. The molecular formula is C13H8FIN2. The molecule has 0 spiro atoms. The third kappa shape index (κ3) is 1.72. The molecule has 0 aliphatic rings. The number of aromatic nitrogens is 2. The van der Waals surface area contributed by atoms with Gasteiger partial charge in [0.05, 0.1) is 9.09 Å². The smallest absolute Gasteiger partial charge is 0.132 e. The van der Waals surface area contributed by atoms with Gasteiger partial charge in [-0.05, 0) is 46.9 Å². The Morgan fingerprint density at radius 2 is 1.82 bits per heavy atom. The van der Waals surface area contributed by atoms with Crippen molar-refractivity contribution in [1.29, 1.82) is 0 Å². The van der Waals surface area contributed by atoms with E-state index in [0.29, 0.717) is 11.3 Å². The van der Waals surface area contributed by atoms with E-state index in [9.17, 15) is 4.39 Å². The average Bonchev–Trinajstić information content (AvgIpc) is 2.68. The van der Waals surface area contributed by atoms with Crippen molar-refractivity contribution in [3.8, 4) is 11.3 Å². The van der Waals surface area contributed by atoms with Crippen LogP contribution in [-0.2, 0) is 0 Å². The largest absolute Gasteiger partial charge is 0.239 e. The van der Waals surface area contributed by atoms with Gasteiger partial charge < -0.3 is 0 Å². The molecule has 3 aromatic rings. The standard InChI is InChI=1S/C13H8FIN2/c14-10-6-2-1-5-9(10)13-12(15)11-7-3-4-8-17(11)16-13/h1-8H. The number of fused-ring (bicyclic) bond motifs is 1. The first-order valence-electron chi connectivity index (χ1n) is 5.15. The molecule has 0 aliphatic carbocycles. The van der Waals surface area contributed by atoms with E-state index in [1.54, 1.807) is 16.6 Å². The van der Waals surface area contributed by atoms with Crippen LogP contribution in [0.2, 0.25) is 0 Å². The topological polar surface area (TPSA) is 17.3 Å². The summed E-state index contributed by atoms with van der Waals surface area (Å²) in [6.45, 7) is 0. The molecule has 4 heteroatoms. The van der Waals surface area contributed by atoms with Crippen molar-refractivity contribution in [2.24, 2.45) is 0 Å². The minimum absolute atomic E-state index is 0.242. The molecule has 0 fully saturated rings. The molecule has 0 bridgehead atoms. The van der Waals surface area contributed by atoms with E-state index in [0.717, 1.165) is 9.09 Å². The Bertz CT molecular complexity index is 691. The van der Waals surface area contributed by atoms with E-state index in [4.69, 9.17) is 0 Å². The van der Waals surface area contributed by atoms with E-state index in [2.05, 4.69) is 27.7 Å². The van der Waals surface area contributed by atoms with Crippen molar-refractivity contribution in [3.63, 3.8) is 0 Å². The molecule has 17 heavy (non-hydrogen) atoms. The molecule has 0 unspecified atom stereocenters. The number of rotatable bonds is 1. The third-order valence-electron chi connectivity index (χ3n) is 2.61. The van der Waals surface area contributed by atoms with E-state index in [1.807, 2.05) is 30.5 Å². The molecule has 2 aromatic heterocycles. The summed E-state index contributed by atoms with van der Waals surface area (Å²) in [6, 6.07) is 12.5. The Hall–Kier alpha value is -1.43. The first kappa shape index (κ1) is 10.7. The normalized spacial score (nSPS) is 10.9. The first-order valence-corrected chi connectivity index (χ1v) is 6.23. The fourth-order valence-corrected chi connectivity index (χ4v) is 2.62. The van der Waals surface area contributed by atoms with Gasteiger partial charge in [0.25, 0.3) is 0 Å². The Morgan fingerprint density at radius 3 is 2.59 bits per heavy atom. The summed E-state index contributed by atoms with van der Waals surface area (Å²) in [4.78, 5) is 0. The highest BCUT2D eigenvalue weighted by molar-refractivity contribution is 14.1. The molecule has 0 amide bonds. The van der Waals surface area contributed by atoms with Crippen LogP contribution in [0.25, 0.3) is 16.8 Å². The fourth-order valence-electron chi connectivity index (χ4n) is 1.79. The Balaban J connectivity index is 2.32. The summed E-state index contributed by atoms with van der Waals surface area (Å²) in [7, 11) is 0. The van der Waals surface area contributed by atoms with Crippen LogP contribution >= 0.6 is 22.6 Å². The molecule has 2 heterocycles. The lowest BCUT2D eigenvalue weighted by Crippen LogP contribution is -1.87. The number of hydrogen-bond donors (Lipinski definition) is 0. The van der Waals surface area contributed by atoms with Crippen LogP contribution in [0, 0.1) is 9.39 Å². The van der Waals surface area contributed by atoms with E-state index in [1.165, 1.54) is 6.07 Å². The molecule has 0 saturated heterocycles. The second-order valence-corrected chi connectivity index (χ2v) is 4.75. The van der Waals surface area contributed by atoms with Crippen LogP contribution in [0.5, 0.6) is 0 Å². The second kappa shape index (κ2) is 4.10. The third-order valence-corrected chi connectivity index (χ3v) is 3.67. The van der Waals surface area contributed by atoms with Crippen molar-refractivity contribution >= 4 is 28.1 Å². The first-order chi connectivity index (χ1) is 8.27. The number of hydrogen-bond acceptors (Lipinski definition) is 1. The Kier molecular flexibility index (Phi) is 2.58. The molecule has 0 N–H and O–H groups in total. The lowest BCUT2D eigenvalue weighted by Gasteiger charge is -1.98. The van der Waals surface area contributed by atoms with Crippen LogP contribution in [0.3, 0.4) is 0 Å². The molecule has 2 nitrogen and oxygen atoms in total. The maximum atomic E-state index is 13.7. The van der Waals surface area contributed by atoms with Gasteiger partial charge in [-0.15, -0.1) is 0 Å². The molecule has 0 atom stereocenters. The number of nitrogens with zero attached hydrogens (tertiary/aromatic N) is 2. The van der Waals surface area contributed by atoms with Crippen molar-refractivity contribution in [2.45, 2.75) is 0 Å². The zero-order valence-electron chi connectivity index (χ0n) is 8.77. The summed E-state index contributed by atoms with van der Waals surface area (Å²) >= 11 is 2.20. The highest BCUT2D eigenvalue weighted by Gasteiger charge is 2.14. The van der Waals surface area contributed by atoms with Gasteiger partial charge in [-0.1, -0.05) is 18.2 Å². The van der Waals surface area contributed by atoms with Gasteiger partial charge in [0.2, 0.25) is 0 Å². The molecule has 0 saturated carbocycles. The Morgan fingerprint density at radius 1 is 1.06 bits per heavy atom. The highest BCUT2D eigenvalue weighted by Crippen LogP contribution is 2.28. The van der Waals surface area contributed by atoms with Gasteiger partial charge in [0.1, 0.15) is 11.5 Å². The second-order valence-electron chi connectivity index (χ2n) is 3.67. The predicted octanol–water partition coefficient (Wildman–Crippen LogP) is 3.75. The lowest BCUT2D eigenvalue weighted by atomic mass is 10.1. The predicted molar refractivity (Wildman–Crippen MR) is 73.3 cm³/mol. The number of benzene rings is 1. The molecule has 1 aromatic carbocycles. The fraction of sp³-hybridized carbons (Fsp3) is 0. The van der Waals surface area contributed by atoms with E-state index < -0.39 is 0 Å². The summed E-state index contributed by atoms with van der Waals surface area (Å²) < 4.78 is 16.5. The maximum absolute atomic E-state index is 13.7. The average molecular weight is 338 g/mol. The number of pyridine rings is 1. The van der Waals surface area contributed by atoms with Crippen LogP contribution in [-0.4, -0.2) is 9.61 Å². The summed E-state index contributed by atoms with van der Waals surface area (Å²) in [6.07, 6.45) is 1.86. The molecule has 84 valence electrons. The van der Waals surface area contributed by atoms with Gasteiger partial charge in [0.15, 0.2) is 0 Å². The summed E-state index contributed by atoms with van der Waals surface area (Å²) in [5.74, 6) is -0.242. The minimum Gasteiger partial charge on any atom is -0.239 e. The van der Waals surface area contributed by atoms with E-state index >= 15 is 0 Å². The monoisotopic (exact) mass is 338 g/mol. The van der Waals surface area contributed by atoms with E-state index in [-0.39, 0.29) is 5.82 Å². The number of halogens is 2. The minimum atomic E-state index is -0.242. The SMILES string of the molecule is Fc1ccccc1-c1nn2ccccc2c1I. The van der Waals surface area contributed by atoms with Crippen LogP contribution in [0.1, 0.15) is 0 Å². The maximum Gasteiger partial charge on any atom is 0.132 e. The van der Waals surface area contributed by atoms with Gasteiger partial charge in [0, 0.05) is 11.8 Å². The van der Waals surface area contributed by atoms with Crippen molar-refractivity contribution in [3.05, 3.63) is 58.0 Å². The van der Waals surface area contributed by atoms with Gasteiger partial charge >= 0.3 is 0 Å². The van der Waals surface area contributed by atoms with Crippen LogP contribution in [0.15, 0.2) is 48.7 Å². The zero-order valence-corrected chi connectivity index (χ0v) is 10.9. The zero-order chi connectivity index (χ0) is 11.8. The highest BCUT2D eigenvalue weighted by atomic mass is 127. The van der Waals surface area contributed by atoms with Crippen molar-refractivity contribution < 1.29 is 4.39 Å². The quantitative estimate of drug-likeness (QED) is 0.618. The molecule has 3 rings (SSSR count). The summed E-state index contributed by atoms with van der Waals surface area (Å²) in [5.41, 5.74) is 2.22. The Labute approximate surface area is 111 Å². The van der Waals surface area contributed by atoms with Gasteiger partial charge in [-0.2, -0.15) is 5.10 Å². The molecule has 0 aliphatic heterocycles. The van der Waals surface area contributed by atoms with Crippen LogP contribution in [0.4, 0.5) is 4.39 Å². The van der Waals surface area contributed by atoms with Crippen molar-refractivity contribution in [2.75, 3.05) is 0 Å². The van der Waals surface area contributed by atoms with Crippen molar-refractivity contribution in [1.82, 2.24) is 9.61 Å². The van der Waals surface area contributed by atoms with Crippen LogP contribution < -0.4 is 0 Å². The molecule has 0 radical (unpaired) electrons.